The maximum absolute atomic E-state index is 11.5. The van der Waals surface area contributed by atoms with Crippen molar-refractivity contribution in [2.24, 2.45) is 0 Å². The number of nitrogens with zero attached hydrogens (tertiary/aromatic N) is 1. The van der Waals surface area contributed by atoms with Crippen LogP contribution in [0.2, 0.25) is 0 Å². The Kier molecular flexibility index (Phi) is 2.07. The summed E-state index contributed by atoms with van der Waals surface area (Å²) in [5.74, 6) is 0.764. The fourth-order valence-corrected chi connectivity index (χ4v) is 4.03. The molecule has 88 valence electrons. The Morgan fingerprint density at radius 2 is 2.24 bits per heavy atom. The topological polar surface area (TPSA) is 79.2 Å². The molecule has 0 bridgehead atoms. The lowest BCUT2D eigenvalue weighted by Gasteiger charge is -2.29. The lowest BCUT2D eigenvalue weighted by molar-refractivity contribution is 0.206. The van der Waals surface area contributed by atoms with E-state index in [9.17, 15) is 8.42 Å². The van der Waals surface area contributed by atoms with Gasteiger partial charge in [-0.3, -0.25) is 0 Å². The molecule has 6 heteroatoms. The summed E-state index contributed by atoms with van der Waals surface area (Å²) in [7, 11) is -3.01. The summed E-state index contributed by atoms with van der Waals surface area (Å²) >= 11 is 0. The molecular weight excluding hydrogens is 240 g/mol. The molecule has 2 unspecified atom stereocenters. The van der Waals surface area contributed by atoms with Gasteiger partial charge in [0.05, 0.1) is 34.9 Å². The third kappa shape index (κ3) is 1.72. The smallest absolute Gasteiger partial charge is 0.156 e. The minimum atomic E-state index is -3.01. The van der Waals surface area contributed by atoms with Gasteiger partial charge in [-0.15, -0.1) is 0 Å². The van der Waals surface area contributed by atoms with E-state index in [1.54, 1.807) is 18.2 Å². The van der Waals surface area contributed by atoms with Gasteiger partial charge in [-0.05, 0) is 18.2 Å². The number of hydrogen-bond donors (Lipinski definition) is 1. The highest BCUT2D eigenvalue weighted by Crippen LogP contribution is 2.35. The van der Waals surface area contributed by atoms with Crippen molar-refractivity contribution < 1.29 is 13.2 Å². The molecule has 2 aliphatic rings. The molecular formula is C11H10N2O3S. The molecule has 0 aromatic heterocycles. The normalized spacial score (nSPS) is 28.2. The van der Waals surface area contributed by atoms with Crippen LogP contribution < -0.4 is 10.1 Å². The lowest BCUT2D eigenvalue weighted by Crippen LogP contribution is -2.40. The molecule has 2 aliphatic heterocycles. The van der Waals surface area contributed by atoms with Crippen molar-refractivity contribution in [3.05, 3.63) is 23.8 Å². The third-order valence-electron chi connectivity index (χ3n) is 3.03. The molecule has 1 aromatic carbocycles. The van der Waals surface area contributed by atoms with Crippen LogP contribution >= 0.6 is 0 Å². The third-order valence-corrected chi connectivity index (χ3v) is 4.73. The van der Waals surface area contributed by atoms with E-state index in [0.29, 0.717) is 17.0 Å². The van der Waals surface area contributed by atoms with E-state index in [1.165, 1.54) is 0 Å². The molecule has 1 saturated heterocycles. The Labute approximate surface area is 98.9 Å². The van der Waals surface area contributed by atoms with Gasteiger partial charge in [0.15, 0.2) is 9.84 Å². The van der Waals surface area contributed by atoms with E-state index in [4.69, 9.17) is 10.00 Å². The fourth-order valence-electron chi connectivity index (χ4n) is 2.24. The maximum Gasteiger partial charge on any atom is 0.156 e. The van der Waals surface area contributed by atoms with Crippen molar-refractivity contribution in [3.8, 4) is 11.8 Å². The van der Waals surface area contributed by atoms with Crippen molar-refractivity contribution in [2.75, 3.05) is 16.8 Å². The number of hydrogen-bond acceptors (Lipinski definition) is 5. The summed E-state index contributed by atoms with van der Waals surface area (Å²) in [5, 5.41) is 11.9. The second-order valence-electron chi connectivity index (χ2n) is 4.31. The predicted octanol–water partition coefficient (Wildman–Crippen LogP) is 0.528. The first-order valence-corrected chi connectivity index (χ1v) is 7.07. The summed E-state index contributed by atoms with van der Waals surface area (Å²) in [5.41, 5.74) is 1.22. The Morgan fingerprint density at radius 1 is 1.41 bits per heavy atom. The minimum absolute atomic E-state index is 0.0596. The minimum Gasteiger partial charge on any atom is -0.485 e. The van der Waals surface area contributed by atoms with Gasteiger partial charge >= 0.3 is 0 Å². The SMILES string of the molecule is N#Cc1ccc2c(c1)NC1CS(=O)(=O)CC1O2. The highest BCUT2D eigenvalue weighted by molar-refractivity contribution is 7.91. The van der Waals surface area contributed by atoms with Crippen LogP contribution in [0.5, 0.6) is 5.75 Å². The van der Waals surface area contributed by atoms with Crippen LogP contribution in [-0.4, -0.2) is 32.1 Å². The Morgan fingerprint density at radius 3 is 3.00 bits per heavy atom. The number of sulfone groups is 1. The van der Waals surface area contributed by atoms with E-state index < -0.39 is 9.84 Å². The summed E-state index contributed by atoms with van der Waals surface area (Å²) in [6, 6.07) is 6.86. The van der Waals surface area contributed by atoms with Crippen LogP contribution in [0.3, 0.4) is 0 Å². The molecule has 1 aromatic rings. The first-order valence-electron chi connectivity index (χ1n) is 5.25. The Bertz CT molecular complexity index is 618. The Hall–Kier alpha value is -1.74. The molecule has 1 N–H and O–H groups in total. The number of ether oxygens (including phenoxy) is 1. The number of nitrogens with one attached hydrogen (secondary N) is 1. The van der Waals surface area contributed by atoms with E-state index in [2.05, 4.69) is 5.32 Å². The Balaban J connectivity index is 1.97. The number of benzene rings is 1. The van der Waals surface area contributed by atoms with Crippen molar-refractivity contribution in [3.63, 3.8) is 0 Å². The number of anilines is 1. The predicted molar refractivity (Wildman–Crippen MR) is 61.6 cm³/mol. The average molecular weight is 250 g/mol. The molecule has 0 aliphatic carbocycles. The van der Waals surface area contributed by atoms with E-state index in [-0.39, 0.29) is 23.7 Å². The van der Waals surface area contributed by atoms with Crippen molar-refractivity contribution in [1.29, 1.82) is 5.26 Å². The van der Waals surface area contributed by atoms with Gasteiger partial charge in [0.2, 0.25) is 0 Å². The monoisotopic (exact) mass is 250 g/mol. The average Bonchev–Trinajstić information content (AvgIpc) is 2.57. The molecule has 0 radical (unpaired) electrons. The van der Waals surface area contributed by atoms with Gasteiger partial charge in [-0.2, -0.15) is 5.26 Å². The van der Waals surface area contributed by atoms with Crippen molar-refractivity contribution in [2.45, 2.75) is 12.1 Å². The quantitative estimate of drug-likeness (QED) is 0.726. The second-order valence-corrected chi connectivity index (χ2v) is 6.46. The van der Waals surface area contributed by atoms with Crippen LogP contribution in [0, 0.1) is 11.3 Å². The molecule has 3 rings (SSSR count). The van der Waals surface area contributed by atoms with Gasteiger partial charge < -0.3 is 10.1 Å². The molecule has 0 spiro atoms. The maximum atomic E-state index is 11.5. The second kappa shape index (κ2) is 3.37. The van der Waals surface area contributed by atoms with Crippen LogP contribution in [0.1, 0.15) is 5.56 Å². The summed E-state index contributed by atoms with van der Waals surface area (Å²) in [6.07, 6.45) is -0.319. The van der Waals surface area contributed by atoms with Crippen LogP contribution in [0.4, 0.5) is 5.69 Å². The zero-order valence-corrected chi connectivity index (χ0v) is 9.70. The molecule has 2 atom stereocenters. The molecule has 0 amide bonds. The zero-order valence-electron chi connectivity index (χ0n) is 8.88. The van der Waals surface area contributed by atoms with E-state index in [0.717, 1.165) is 0 Å². The molecule has 2 heterocycles. The van der Waals surface area contributed by atoms with E-state index >= 15 is 0 Å². The van der Waals surface area contributed by atoms with Gasteiger partial charge in [0, 0.05) is 0 Å². The standard InChI is InChI=1S/C11H10N2O3S/c12-4-7-1-2-10-8(3-7)13-9-5-17(14,15)6-11(9)16-10/h1-3,9,11,13H,5-6H2. The first-order chi connectivity index (χ1) is 8.07. The van der Waals surface area contributed by atoms with Gasteiger partial charge in [0.25, 0.3) is 0 Å². The van der Waals surface area contributed by atoms with Gasteiger partial charge in [-0.1, -0.05) is 0 Å². The molecule has 5 nitrogen and oxygen atoms in total. The van der Waals surface area contributed by atoms with E-state index in [1.807, 2.05) is 6.07 Å². The number of rotatable bonds is 0. The summed E-state index contributed by atoms with van der Waals surface area (Å²) in [6.45, 7) is 0. The summed E-state index contributed by atoms with van der Waals surface area (Å²) in [4.78, 5) is 0. The highest BCUT2D eigenvalue weighted by Gasteiger charge is 2.42. The van der Waals surface area contributed by atoms with Crippen LogP contribution in [0.15, 0.2) is 18.2 Å². The number of fused-ring (bicyclic) bond motifs is 2. The van der Waals surface area contributed by atoms with Crippen LogP contribution in [0.25, 0.3) is 0 Å². The summed E-state index contributed by atoms with van der Waals surface area (Å²) < 4.78 is 28.6. The van der Waals surface area contributed by atoms with Gasteiger partial charge in [-0.25, -0.2) is 8.42 Å². The highest BCUT2D eigenvalue weighted by atomic mass is 32.2. The van der Waals surface area contributed by atoms with Crippen molar-refractivity contribution >= 4 is 15.5 Å². The van der Waals surface area contributed by atoms with Crippen LogP contribution in [-0.2, 0) is 9.84 Å². The molecule has 17 heavy (non-hydrogen) atoms. The number of nitriles is 1. The van der Waals surface area contributed by atoms with Crippen molar-refractivity contribution in [1.82, 2.24) is 0 Å². The zero-order chi connectivity index (χ0) is 12.0. The largest absolute Gasteiger partial charge is 0.485 e. The molecule has 0 saturated carbocycles. The first kappa shape index (κ1) is 10.4. The fraction of sp³-hybridized carbons (Fsp3) is 0.364. The lowest BCUT2D eigenvalue weighted by atomic mass is 10.1. The molecule has 1 fully saturated rings. The van der Waals surface area contributed by atoms with Gasteiger partial charge in [0.1, 0.15) is 11.9 Å².